The molecule has 1 N–H and O–H groups in total. The number of hydrogen-bond donors (Lipinski definition) is 1. The highest BCUT2D eigenvalue weighted by atomic mass is 32.1. The van der Waals surface area contributed by atoms with Crippen molar-refractivity contribution in [3.8, 4) is 10.7 Å². The minimum atomic E-state index is -0.660. The number of benzene rings is 1. The molecule has 1 aromatic carbocycles. The van der Waals surface area contributed by atoms with Gasteiger partial charge in [-0.3, -0.25) is 9.59 Å². The van der Waals surface area contributed by atoms with Crippen LogP contribution in [0.15, 0.2) is 41.8 Å². The van der Waals surface area contributed by atoms with E-state index in [9.17, 15) is 14.4 Å². The van der Waals surface area contributed by atoms with Gasteiger partial charge in [-0.25, -0.2) is 4.79 Å². The number of tetrazole rings is 1. The predicted molar refractivity (Wildman–Crippen MR) is 97.2 cm³/mol. The van der Waals surface area contributed by atoms with Crippen LogP contribution in [0.4, 0.5) is 5.69 Å². The lowest BCUT2D eigenvalue weighted by Crippen LogP contribution is -2.23. The van der Waals surface area contributed by atoms with Crippen LogP contribution in [0.25, 0.3) is 10.7 Å². The first kappa shape index (κ1) is 18.4. The van der Waals surface area contributed by atoms with E-state index in [1.165, 1.54) is 18.3 Å². The Balaban J connectivity index is 1.46. The van der Waals surface area contributed by atoms with Gasteiger partial charge in [0.05, 0.1) is 4.88 Å². The lowest BCUT2D eigenvalue weighted by Gasteiger charge is -2.06. The van der Waals surface area contributed by atoms with Crippen LogP contribution >= 0.6 is 11.3 Å². The normalized spacial score (nSPS) is 10.4. The Kier molecular flexibility index (Phi) is 5.67. The zero-order valence-corrected chi connectivity index (χ0v) is 15.1. The summed E-state index contributed by atoms with van der Waals surface area (Å²) < 4.78 is 4.91. The number of ether oxygens (including phenoxy) is 1. The number of carbonyl (C=O) groups excluding carboxylic acids is 3. The van der Waals surface area contributed by atoms with Gasteiger partial charge in [-0.15, -0.1) is 21.5 Å². The van der Waals surface area contributed by atoms with Crippen molar-refractivity contribution in [2.24, 2.45) is 0 Å². The fraction of sp³-hybridized carbons (Fsp3) is 0.176. The highest BCUT2D eigenvalue weighted by Crippen LogP contribution is 2.19. The molecule has 1 amide bonds. The summed E-state index contributed by atoms with van der Waals surface area (Å²) in [5, 5.41) is 16.2. The average molecular weight is 385 g/mol. The smallest absolute Gasteiger partial charge is 0.330 e. The van der Waals surface area contributed by atoms with Crippen molar-refractivity contribution in [1.82, 2.24) is 20.2 Å². The van der Waals surface area contributed by atoms with E-state index in [1.54, 1.807) is 24.3 Å². The molecule has 138 valence electrons. The number of nitrogens with zero attached hydrogens (tertiary/aromatic N) is 4. The van der Waals surface area contributed by atoms with Crippen LogP contribution in [-0.4, -0.2) is 44.5 Å². The van der Waals surface area contributed by atoms with Crippen LogP contribution in [0.1, 0.15) is 17.3 Å². The summed E-state index contributed by atoms with van der Waals surface area (Å²) in [7, 11) is 0. The molecule has 2 aromatic heterocycles. The number of thiophene rings is 1. The van der Waals surface area contributed by atoms with Crippen molar-refractivity contribution in [2.45, 2.75) is 13.5 Å². The predicted octanol–water partition coefficient (Wildman–Crippen LogP) is 1.79. The number of anilines is 1. The Morgan fingerprint density at radius 3 is 2.63 bits per heavy atom. The lowest BCUT2D eigenvalue weighted by atomic mass is 10.1. The number of ketones is 1. The Hall–Kier alpha value is -3.40. The van der Waals surface area contributed by atoms with E-state index in [0.29, 0.717) is 17.1 Å². The standard InChI is InChI=1S/C17H15N5O4S/c1-11(23)12-4-6-13(7-5-12)18-15(24)10-26-16(25)9-22-20-17(19-21-22)14-3-2-8-27-14/h2-8H,9-10H2,1H3,(H,18,24). The molecule has 0 unspecified atom stereocenters. The second kappa shape index (κ2) is 8.32. The molecule has 0 atom stereocenters. The van der Waals surface area contributed by atoms with Crippen molar-refractivity contribution < 1.29 is 19.1 Å². The number of rotatable bonds is 7. The summed E-state index contributed by atoms with van der Waals surface area (Å²) in [5.41, 5.74) is 1.04. The van der Waals surface area contributed by atoms with Gasteiger partial charge < -0.3 is 10.1 Å². The maximum Gasteiger partial charge on any atom is 0.330 e. The number of aromatic nitrogens is 4. The van der Waals surface area contributed by atoms with Crippen LogP contribution < -0.4 is 5.32 Å². The summed E-state index contributed by atoms with van der Waals surface area (Å²) >= 11 is 1.46. The first-order chi connectivity index (χ1) is 13.0. The molecule has 3 rings (SSSR count). The summed E-state index contributed by atoms with van der Waals surface area (Å²) in [5.74, 6) is -0.799. The van der Waals surface area contributed by atoms with E-state index in [0.717, 1.165) is 9.67 Å². The van der Waals surface area contributed by atoms with Crippen LogP contribution in [0.2, 0.25) is 0 Å². The van der Waals surface area contributed by atoms with Crippen molar-refractivity contribution >= 4 is 34.7 Å². The summed E-state index contributed by atoms with van der Waals surface area (Å²) in [4.78, 5) is 36.8. The minimum absolute atomic E-state index is 0.0641. The fourth-order valence-electron chi connectivity index (χ4n) is 2.11. The maximum absolute atomic E-state index is 11.8. The van der Waals surface area contributed by atoms with Crippen LogP contribution in [0, 0.1) is 0 Å². The Morgan fingerprint density at radius 2 is 1.96 bits per heavy atom. The van der Waals surface area contributed by atoms with Gasteiger partial charge >= 0.3 is 5.97 Å². The second-order valence-corrected chi connectivity index (χ2v) is 6.41. The molecule has 0 saturated carbocycles. The first-order valence-electron chi connectivity index (χ1n) is 7.89. The van der Waals surface area contributed by atoms with Crippen LogP contribution in [0.3, 0.4) is 0 Å². The second-order valence-electron chi connectivity index (χ2n) is 5.46. The molecule has 0 fully saturated rings. The molecular formula is C17H15N5O4S. The molecule has 2 heterocycles. The molecule has 0 saturated heterocycles. The summed E-state index contributed by atoms with van der Waals surface area (Å²) in [6.07, 6.45) is 0. The zero-order chi connectivity index (χ0) is 19.2. The van der Waals surface area contributed by atoms with Gasteiger partial charge in [-0.1, -0.05) is 6.07 Å². The van der Waals surface area contributed by atoms with Gasteiger partial charge in [0.15, 0.2) is 18.9 Å². The van der Waals surface area contributed by atoms with Crippen LogP contribution in [-0.2, 0) is 20.9 Å². The van der Waals surface area contributed by atoms with Gasteiger partial charge in [0.25, 0.3) is 5.91 Å². The molecular weight excluding hydrogens is 370 g/mol. The van der Waals surface area contributed by atoms with Gasteiger partial charge in [-0.2, -0.15) is 4.80 Å². The maximum atomic E-state index is 11.8. The van der Waals surface area contributed by atoms with Crippen molar-refractivity contribution in [2.75, 3.05) is 11.9 Å². The van der Waals surface area contributed by atoms with E-state index in [-0.39, 0.29) is 12.3 Å². The van der Waals surface area contributed by atoms with E-state index in [4.69, 9.17) is 4.74 Å². The monoisotopic (exact) mass is 385 g/mol. The van der Waals surface area contributed by atoms with Gasteiger partial charge in [0, 0.05) is 11.3 Å². The topological polar surface area (TPSA) is 116 Å². The zero-order valence-electron chi connectivity index (χ0n) is 14.3. The Labute approximate surface area is 158 Å². The molecule has 9 nitrogen and oxygen atoms in total. The fourth-order valence-corrected chi connectivity index (χ4v) is 2.76. The number of amides is 1. The molecule has 0 spiro atoms. The van der Waals surface area contributed by atoms with Gasteiger partial charge in [0.2, 0.25) is 5.82 Å². The van der Waals surface area contributed by atoms with Crippen molar-refractivity contribution in [3.63, 3.8) is 0 Å². The van der Waals surface area contributed by atoms with E-state index in [2.05, 4.69) is 20.7 Å². The number of esters is 1. The van der Waals surface area contributed by atoms with Gasteiger partial charge in [-0.05, 0) is 47.8 Å². The van der Waals surface area contributed by atoms with Crippen molar-refractivity contribution in [3.05, 3.63) is 47.3 Å². The molecule has 0 aliphatic heterocycles. The third kappa shape index (κ3) is 5.05. The lowest BCUT2D eigenvalue weighted by molar-refractivity contribution is -0.148. The van der Waals surface area contributed by atoms with Crippen molar-refractivity contribution in [1.29, 1.82) is 0 Å². The quantitative estimate of drug-likeness (QED) is 0.487. The van der Waals surface area contributed by atoms with E-state index < -0.39 is 18.5 Å². The Bertz CT molecular complexity index is 950. The molecule has 3 aromatic rings. The summed E-state index contributed by atoms with van der Waals surface area (Å²) in [6.45, 7) is 0.763. The number of nitrogens with one attached hydrogen (secondary N) is 1. The molecule has 27 heavy (non-hydrogen) atoms. The highest BCUT2D eigenvalue weighted by Gasteiger charge is 2.12. The van der Waals surface area contributed by atoms with E-state index >= 15 is 0 Å². The first-order valence-corrected chi connectivity index (χ1v) is 8.77. The highest BCUT2D eigenvalue weighted by molar-refractivity contribution is 7.13. The largest absolute Gasteiger partial charge is 0.454 e. The molecule has 0 aliphatic carbocycles. The third-order valence-corrected chi connectivity index (χ3v) is 4.27. The van der Waals surface area contributed by atoms with Gasteiger partial charge in [0.1, 0.15) is 0 Å². The molecule has 0 aliphatic rings. The number of Topliss-reactive ketones (excluding diaryl/α,β-unsaturated/α-hetero) is 1. The molecule has 0 bridgehead atoms. The molecule has 10 heteroatoms. The number of hydrogen-bond acceptors (Lipinski definition) is 8. The minimum Gasteiger partial charge on any atom is -0.454 e. The SMILES string of the molecule is CC(=O)c1ccc(NC(=O)COC(=O)Cn2nnc(-c3cccs3)n2)cc1. The number of carbonyl (C=O) groups is 3. The average Bonchev–Trinajstić information content (AvgIpc) is 3.32. The Morgan fingerprint density at radius 1 is 1.19 bits per heavy atom. The summed E-state index contributed by atoms with van der Waals surface area (Å²) in [6, 6.07) is 10.1. The van der Waals surface area contributed by atoms with E-state index in [1.807, 2.05) is 17.5 Å². The van der Waals surface area contributed by atoms with Crippen LogP contribution in [0.5, 0.6) is 0 Å². The molecule has 0 radical (unpaired) electrons. The third-order valence-electron chi connectivity index (χ3n) is 3.40.